The van der Waals surface area contributed by atoms with Gasteiger partial charge in [-0.2, -0.15) is 5.10 Å². The summed E-state index contributed by atoms with van der Waals surface area (Å²) in [6, 6.07) is 1.96. The average Bonchev–Trinajstić information content (AvgIpc) is 2.87. The van der Waals surface area contributed by atoms with E-state index in [9.17, 15) is 0 Å². The van der Waals surface area contributed by atoms with Gasteiger partial charge in [-0.05, 0) is 12.5 Å². The third kappa shape index (κ3) is 2.19. The predicted molar refractivity (Wildman–Crippen MR) is 66.9 cm³/mol. The van der Waals surface area contributed by atoms with Crippen LogP contribution in [0.1, 0.15) is 5.56 Å². The first kappa shape index (κ1) is 11.2. The smallest absolute Gasteiger partial charge is 0.158 e. The maximum absolute atomic E-state index is 5.34. The molecular formula is C12H15N5O. The molecule has 1 aliphatic rings. The summed E-state index contributed by atoms with van der Waals surface area (Å²) in [5, 5.41) is 4.26. The van der Waals surface area contributed by atoms with Gasteiger partial charge in [-0.25, -0.2) is 14.6 Å². The molecule has 0 spiro atoms. The van der Waals surface area contributed by atoms with E-state index in [0.29, 0.717) is 0 Å². The van der Waals surface area contributed by atoms with Crippen LogP contribution in [0.4, 0.5) is 5.82 Å². The number of rotatable bonds is 2. The van der Waals surface area contributed by atoms with E-state index in [4.69, 9.17) is 4.74 Å². The highest BCUT2D eigenvalue weighted by molar-refractivity contribution is 5.43. The molecule has 6 nitrogen and oxygen atoms in total. The average molecular weight is 245 g/mol. The van der Waals surface area contributed by atoms with Crippen molar-refractivity contribution in [3.63, 3.8) is 0 Å². The summed E-state index contributed by atoms with van der Waals surface area (Å²) in [6.07, 6.45) is 5.35. The zero-order chi connectivity index (χ0) is 12.4. The van der Waals surface area contributed by atoms with Crippen LogP contribution in [0.25, 0.3) is 5.82 Å². The number of aryl methyl sites for hydroxylation is 1. The molecule has 0 bridgehead atoms. The quantitative estimate of drug-likeness (QED) is 0.783. The third-order valence-electron chi connectivity index (χ3n) is 2.92. The van der Waals surface area contributed by atoms with Crippen molar-refractivity contribution in [2.75, 3.05) is 31.2 Å². The van der Waals surface area contributed by atoms with E-state index in [1.54, 1.807) is 11.0 Å². The number of hydrogen-bond donors (Lipinski definition) is 0. The van der Waals surface area contributed by atoms with Gasteiger partial charge in [-0.3, -0.25) is 0 Å². The van der Waals surface area contributed by atoms with E-state index in [1.807, 2.05) is 25.4 Å². The summed E-state index contributed by atoms with van der Waals surface area (Å²) in [7, 11) is 0. The van der Waals surface area contributed by atoms with E-state index in [-0.39, 0.29) is 0 Å². The first-order chi connectivity index (χ1) is 8.83. The minimum absolute atomic E-state index is 0.750. The number of nitrogens with zero attached hydrogens (tertiary/aromatic N) is 5. The molecule has 3 heterocycles. The number of morpholine rings is 1. The lowest BCUT2D eigenvalue weighted by Gasteiger charge is -2.27. The zero-order valence-corrected chi connectivity index (χ0v) is 10.3. The van der Waals surface area contributed by atoms with Crippen LogP contribution < -0.4 is 4.90 Å². The molecule has 94 valence electrons. The fourth-order valence-corrected chi connectivity index (χ4v) is 1.97. The van der Waals surface area contributed by atoms with Crippen molar-refractivity contribution in [1.29, 1.82) is 0 Å². The van der Waals surface area contributed by atoms with Crippen LogP contribution in [0.5, 0.6) is 0 Å². The highest BCUT2D eigenvalue weighted by atomic mass is 16.5. The lowest BCUT2D eigenvalue weighted by molar-refractivity contribution is 0.122. The van der Waals surface area contributed by atoms with Crippen LogP contribution in [0.15, 0.2) is 24.8 Å². The molecule has 2 aromatic heterocycles. The molecule has 0 radical (unpaired) electrons. The van der Waals surface area contributed by atoms with Gasteiger partial charge in [0.1, 0.15) is 12.1 Å². The minimum Gasteiger partial charge on any atom is -0.378 e. The van der Waals surface area contributed by atoms with Gasteiger partial charge in [0, 0.05) is 25.4 Å². The van der Waals surface area contributed by atoms with E-state index in [1.165, 1.54) is 0 Å². The fraction of sp³-hybridized carbons (Fsp3) is 0.417. The lowest BCUT2D eigenvalue weighted by Crippen LogP contribution is -2.36. The van der Waals surface area contributed by atoms with Gasteiger partial charge in [-0.15, -0.1) is 0 Å². The predicted octanol–water partition coefficient (Wildman–Crippen LogP) is 0.807. The van der Waals surface area contributed by atoms with Gasteiger partial charge >= 0.3 is 0 Å². The van der Waals surface area contributed by atoms with Gasteiger partial charge in [0.05, 0.1) is 19.4 Å². The van der Waals surface area contributed by atoms with Crippen molar-refractivity contribution in [2.24, 2.45) is 0 Å². The first-order valence-electron chi connectivity index (χ1n) is 5.99. The first-order valence-corrected chi connectivity index (χ1v) is 5.99. The van der Waals surface area contributed by atoms with E-state index >= 15 is 0 Å². The summed E-state index contributed by atoms with van der Waals surface area (Å²) < 4.78 is 7.10. The molecule has 0 saturated carbocycles. The Morgan fingerprint density at radius 1 is 1.17 bits per heavy atom. The molecule has 6 heteroatoms. The van der Waals surface area contributed by atoms with Gasteiger partial charge in [0.15, 0.2) is 5.82 Å². The van der Waals surface area contributed by atoms with E-state index < -0.39 is 0 Å². The Labute approximate surface area is 105 Å². The SMILES string of the molecule is Cc1cnn(-c2cc(N3CCOCC3)ncn2)c1. The normalized spacial score (nSPS) is 15.9. The Morgan fingerprint density at radius 2 is 1.94 bits per heavy atom. The summed E-state index contributed by atoms with van der Waals surface area (Å²) in [6.45, 7) is 5.25. The van der Waals surface area contributed by atoms with Crippen LogP contribution in [0, 0.1) is 6.92 Å². The molecule has 1 saturated heterocycles. The summed E-state index contributed by atoms with van der Waals surface area (Å²) in [5.74, 6) is 1.72. The molecule has 0 unspecified atom stereocenters. The van der Waals surface area contributed by atoms with Crippen molar-refractivity contribution in [1.82, 2.24) is 19.7 Å². The number of aromatic nitrogens is 4. The highest BCUT2D eigenvalue weighted by Crippen LogP contribution is 2.14. The second-order valence-corrected chi connectivity index (χ2v) is 4.30. The van der Waals surface area contributed by atoms with Gasteiger partial charge < -0.3 is 9.64 Å². The number of hydrogen-bond acceptors (Lipinski definition) is 5. The Hall–Kier alpha value is -1.95. The minimum atomic E-state index is 0.750. The molecule has 3 rings (SSSR count). The molecule has 0 N–H and O–H groups in total. The second kappa shape index (κ2) is 4.73. The largest absolute Gasteiger partial charge is 0.378 e. The van der Waals surface area contributed by atoms with Crippen molar-refractivity contribution < 1.29 is 4.74 Å². The Morgan fingerprint density at radius 3 is 2.67 bits per heavy atom. The van der Waals surface area contributed by atoms with Crippen LogP contribution in [0.2, 0.25) is 0 Å². The molecule has 0 aromatic carbocycles. The highest BCUT2D eigenvalue weighted by Gasteiger charge is 2.13. The summed E-state index contributed by atoms with van der Waals surface area (Å²) in [4.78, 5) is 10.8. The molecule has 18 heavy (non-hydrogen) atoms. The fourth-order valence-electron chi connectivity index (χ4n) is 1.97. The number of anilines is 1. The van der Waals surface area contributed by atoms with Crippen LogP contribution in [-0.4, -0.2) is 46.1 Å². The van der Waals surface area contributed by atoms with Crippen LogP contribution in [0.3, 0.4) is 0 Å². The standard InChI is InChI=1S/C12H15N5O/c1-10-7-15-17(8-10)12-6-11(13-9-14-12)16-2-4-18-5-3-16/h6-9H,2-5H2,1H3. The molecular weight excluding hydrogens is 230 g/mol. The molecule has 2 aromatic rings. The van der Waals surface area contributed by atoms with Crippen LogP contribution >= 0.6 is 0 Å². The molecule has 0 aliphatic carbocycles. The van der Waals surface area contributed by atoms with Gasteiger partial charge in [-0.1, -0.05) is 0 Å². The summed E-state index contributed by atoms with van der Waals surface area (Å²) in [5.41, 5.74) is 1.11. The molecule has 0 amide bonds. The maximum atomic E-state index is 5.34. The van der Waals surface area contributed by atoms with Crippen molar-refractivity contribution in [3.8, 4) is 5.82 Å². The number of ether oxygens (including phenoxy) is 1. The van der Waals surface area contributed by atoms with Gasteiger partial charge in [0.25, 0.3) is 0 Å². The van der Waals surface area contributed by atoms with Crippen molar-refractivity contribution in [2.45, 2.75) is 6.92 Å². The molecule has 0 atom stereocenters. The monoisotopic (exact) mass is 245 g/mol. The Kier molecular flexibility index (Phi) is 2.93. The van der Waals surface area contributed by atoms with E-state index in [2.05, 4.69) is 20.0 Å². The summed E-state index contributed by atoms with van der Waals surface area (Å²) >= 11 is 0. The molecule has 1 fully saturated rings. The van der Waals surface area contributed by atoms with Gasteiger partial charge in [0.2, 0.25) is 0 Å². The topological polar surface area (TPSA) is 56.1 Å². The van der Waals surface area contributed by atoms with Crippen LogP contribution in [-0.2, 0) is 4.74 Å². The molecule has 1 aliphatic heterocycles. The van der Waals surface area contributed by atoms with E-state index in [0.717, 1.165) is 43.5 Å². The Balaban J connectivity index is 1.88. The third-order valence-corrected chi connectivity index (χ3v) is 2.92. The lowest BCUT2D eigenvalue weighted by atomic mass is 10.4. The van der Waals surface area contributed by atoms with Crippen molar-refractivity contribution in [3.05, 3.63) is 30.4 Å². The zero-order valence-electron chi connectivity index (χ0n) is 10.3. The maximum Gasteiger partial charge on any atom is 0.158 e. The second-order valence-electron chi connectivity index (χ2n) is 4.30. The van der Waals surface area contributed by atoms with Crippen molar-refractivity contribution >= 4 is 5.82 Å². The Bertz CT molecular complexity index is 533.